The Bertz CT molecular complexity index is 1170. The molecule has 3 heterocycles. The fourth-order valence-corrected chi connectivity index (χ4v) is 4.51. The number of nitrogens with zero attached hydrogens (tertiary/aromatic N) is 4. The minimum atomic E-state index is -0.436. The van der Waals surface area contributed by atoms with Crippen LogP contribution < -0.4 is 10.6 Å². The van der Waals surface area contributed by atoms with E-state index < -0.39 is 5.97 Å². The van der Waals surface area contributed by atoms with Crippen molar-refractivity contribution in [3.8, 4) is 0 Å². The second kappa shape index (κ2) is 8.72. The molecule has 4 rings (SSSR count). The average Bonchev–Trinajstić information content (AvgIpc) is 3.37. The first-order valence-electron chi connectivity index (χ1n) is 9.47. The Hall–Kier alpha value is -3.11. The zero-order valence-electron chi connectivity index (χ0n) is 16.7. The lowest BCUT2D eigenvalue weighted by atomic mass is 10.1. The van der Waals surface area contributed by atoms with Gasteiger partial charge in [0.15, 0.2) is 27.6 Å². The van der Waals surface area contributed by atoms with Gasteiger partial charge in [-0.1, -0.05) is 30.4 Å². The van der Waals surface area contributed by atoms with E-state index in [-0.39, 0.29) is 5.69 Å². The summed E-state index contributed by atoms with van der Waals surface area (Å²) >= 11 is 2.89. The molecule has 0 saturated carbocycles. The van der Waals surface area contributed by atoms with Crippen molar-refractivity contribution in [2.24, 2.45) is 0 Å². The zero-order chi connectivity index (χ0) is 21.1. The number of ether oxygens (including phenoxy) is 1. The molecule has 0 atom stereocenters. The number of rotatable bonds is 7. The summed E-state index contributed by atoms with van der Waals surface area (Å²) in [5.74, 6) is 0.853. The van der Waals surface area contributed by atoms with Crippen LogP contribution in [0.3, 0.4) is 0 Å². The topological polar surface area (TPSA) is 102 Å². The molecule has 0 aliphatic rings. The molecule has 0 amide bonds. The maximum absolute atomic E-state index is 11.8. The first-order valence-corrected chi connectivity index (χ1v) is 11.2. The van der Waals surface area contributed by atoms with Crippen molar-refractivity contribution in [2.45, 2.75) is 27.2 Å². The van der Waals surface area contributed by atoms with Crippen molar-refractivity contribution >= 4 is 60.8 Å². The first-order chi connectivity index (χ1) is 14.6. The molecule has 1 aromatic carbocycles. The first kappa shape index (κ1) is 20.2. The third kappa shape index (κ3) is 4.10. The van der Waals surface area contributed by atoms with E-state index in [1.54, 1.807) is 23.6 Å². The Balaban J connectivity index is 1.57. The fourth-order valence-electron chi connectivity index (χ4n) is 2.97. The normalized spacial score (nSPS) is 10.9. The van der Waals surface area contributed by atoms with E-state index in [0.29, 0.717) is 23.4 Å². The molecule has 8 nitrogen and oxygen atoms in total. The number of thiazole rings is 2. The zero-order valence-corrected chi connectivity index (χ0v) is 18.4. The molecule has 0 unspecified atom stereocenters. The van der Waals surface area contributed by atoms with Crippen molar-refractivity contribution in [3.05, 3.63) is 46.5 Å². The summed E-state index contributed by atoms with van der Waals surface area (Å²) < 4.78 is 6.10. The molecule has 0 saturated heterocycles. The predicted molar refractivity (Wildman–Crippen MR) is 120 cm³/mol. The number of aromatic nitrogens is 4. The maximum Gasteiger partial charge on any atom is 0.357 e. The average molecular weight is 441 g/mol. The van der Waals surface area contributed by atoms with E-state index in [0.717, 1.165) is 32.9 Å². The van der Waals surface area contributed by atoms with E-state index in [1.165, 1.54) is 11.3 Å². The summed E-state index contributed by atoms with van der Waals surface area (Å²) in [5.41, 5.74) is 3.23. The number of nitrogens with one attached hydrogen (secondary N) is 2. The Morgan fingerprint density at radius 1 is 1.07 bits per heavy atom. The summed E-state index contributed by atoms with van der Waals surface area (Å²) in [5, 5.41) is 18.2. The lowest BCUT2D eigenvalue weighted by Crippen LogP contribution is -2.08. The molecule has 2 N–H and O–H groups in total. The number of anilines is 4. The minimum Gasteiger partial charge on any atom is -0.461 e. The van der Waals surface area contributed by atoms with Gasteiger partial charge in [-0.25, -0.2) is 14.8 Å². The molecule has 3 aromatic heterocycles. The summed E-state index contributed by atoms with van der Waals surface area (Å²) in [6, 6.07) is 8.00. The van der Waals surface area contributed by atoms with Gasteiger partial charge in [0.1, 0.15) is 0 Å². The lowest BCUT2D eigenvalue weighted by Gasteiger charge is -2.13. The molecule has 154 valence electrons. The SMILES string of the molecule is CCOC(=O)c1csc(Nc2nnc(Nc3nc4ccccc4s3)c(CC)c2C)n1. The number of para-hydroxylation sites is 1. The third-order valence-corrected chi connectivity index (χ3v) is 6.14. The quantitative estimate of drug-likeness (QED) is 0.384. The Labute approximate surface area is 181 Å². The largest absolute Gasteiger partial charge is 0.461 e. The van der Waals surface area contributed by atoms with Crippen LogP contribution in [0.2, 0.25) is 0 Å². The number of hydrogen-bond acceptors (Lipinski definition) is 10. The fraction of sp³-hybridized carbons (Fsp3) is 0.250. The van der Waals surface area contributed by atoms with Crippen molar-refractivity contribution in [1.82, 2.24) is 20.2 Å². The molecule has 10 heteroatoms. The number of hydrogen-bond donors (Lipinski definition) is 2. The van der Waals surface area contributed by atoms with Gasteiger partial charge in [0.25, 0.3) is 0 Å². The molecule has 0 radical (unpaired) electrons. The van der Waals surface area contributed by atoms with Crippen LogP contribution in [0.5, 0.6) is 0 Å². The third-order valence-electron chi connectivity index (χ3n) is 4.43. The van der Waals surface area contributed by atoms with Crippen molar-refractivity contribution in [2.75, 3.05) is 17.2 Å². The van der Waals surface area contributed by atoms with Gasteiger partial charge in [0.05, 0.1) is 16.8 Å². The van der Waals surface area contributed by atoms with Gasteiger partial charge in [-0.15, -0.1) is 21.5 Å². The number of fused-ring (bicyclic) bond motifs is 1. The minimum absolute atomic E-state index is 0.278. The van der Waals surface area contributed by atoms with Crippen LogP contribution in [0.1, 0.15) is 35.5 Å². The van der Waals surface area contributed by atoms with Crippen molar-refractivity contribution in [1.29, 1.82) is 0 Å². The molecular weight excluding hydrogens is 420 g/mol. The van der Waals surface area contributed by atoms with Gasteiger partial charge in [0.2, 0.25) is 0 Å². The Morgan fingerprint density at radius 3 is 2.60 bits per heavy atom. The van der Waals surface area contributed by atoms with Gasteiger partial charge in [-0.3, -0.25) is 0 Å². The van der Waals surface area contributed by atoms with Crippen LogP contribution in [-0.4, -0.2) is 32.7 Å². The summed E-state index contributed by atoms with van der Waals surface area (Å²) in [6.45, 7) is 6.13. The van der Waals surface area contributed by atoms with E-state index in [9.17, 15) is 4.79 Å². The predicted octanol–water partition coefficient (Wildman–Crippen LogP) is 5.08. The number of carbonyl (C=O) groups is 1. The molecule has 0 aliphatic heterocycles. The van der Waals surface area contributed by atoms with Crippen LogP contribution in [0.25, 0.3) is 10.2 Å². The molecule has 4 aromatic rings. The van der Waals surface area contributed by atoms with Gasteiger partial charge in [0, 0.05) is 16.5 Å². The van der Waals surface area contributed by atoms with E-state index in [4.69, 9.17) is 4.74 Å². The van der Waals surface area contributed by atoms with Crippen LogP contribution in [0, 0.1) is 6.92 Å². The molecule has 30 heavy (non-hydrogen) atoms. The highest BCUT2D eigenvalue weighted by Gasteiger charge is 2.16. The molecular formula is C20H20N6O2S2. The van der Waals surface area contributed by atoms with Crippen LogP contribution in [-0.2, 0) is 11.2 Å². The highest BCUT2D eigenvalue weighted by molar-refractivity contribution is 7.22. The van der Waals surface area contributed by atoms with Crippen LogP contribution in [0.15, 0.2) is 29.6 Å². The van der Waals surface area contributed by atoms with Gasteiger partial charge in [-0.2, -0.15) is 0 Å². The molecule has 0 bridgehead atoms. The highest BCUT2D eigenvalue weighted by atomic mass is 32.1. The monoisotopic (exact) mass is 440 g/mol. The van der Waals surface area contributed by atoms with Gasteiger partial charge >= 0.3 is 5.97 Å². The van der Waals surface area contributed by atoms with Crippen LogP contribution >= 0.6 is 22.7 Å². The summed E-state index contributed by atoms with van der Waals surface area (Å²) in [7, 11) is 0. The van der Waals surface area contributed by atoms with Crippen molar-refractivity contribution in [3.63, 3.8) is 0 Å². The highest BCUT2D eigenvalue weighted by Crippen LogP contribution is 2.31. The Morgan fingerprint density at radius 2 is 1.83 bits per heavy atom. The van der Waals surface area contributed by atoms with Crippen LogP contribution in [0.4, 0.5) is 21.9 Å². The molecule has 0 fully saturated rings. The standard InChI is InChI=1S/C20H20N6O2S2/c1-4-12-11(3)16(23-19-22-14(10-29-19)18(27)28-5-2)25-26-17(12)24-20-21-13-8-6-7-9-15(13)30-20/h6-10H,4-5H2,1-3H3,(H,21,24,26)(H,22,23,25). The van der Waals surface area contributed by atoms with Crippen molar-refractivity contribution < 1.29 is 9.53 Å². The van der Waals surface area contributed by atoms with Gasteiger partial charge in [-0.05, 0) is 32.4 Å². The summed E-state index contributed by atoms with van der Waals surface area (Å²) in [4.78, 5) is 20.7. The number of benzene rings is 1. The van der Waals surface area contributed by atoms with E-state index >= 15 is 0 Å². The number of esters is 1. The Kier molecular flexibility index (Phi) is 5.86. The molecule has 0 aliphatic carbocycles. The second-order valence-electron chi connectivity index (χ2n) is 6.35. The molecule has 0 spiro atoms. The maximum atomic E-state index is 11.8. The lowest BCUT2D eigenvalue weighted by molar-refractivity contribution is 0.0520. The van der Waals surface area contributed by atoms with E-state index in [2.05, 4.69) is 37.7 Å². The summed E-state index contributed by atoms with van der Waals surface area (Å²) in [6.07, 6.45) is 0.773. The number of carbonyl (C=O) groups excluding carboxylic acids is 1. The van der Waals surface area contributed by atoms with E-state index in [1.807, 2.05) is 31.2 Å². The van der Waals surface area contributed by atoms with Gasteiger partial charge < -0.3 is 15.4 Å². The smallest absolute Gasteiger partial charge is 0.357 e. The second-order valence-corrected chi connectivity index (χ2v) is 8.24.